The highest BCUT2D eigenvalue weighted by atomic mass is 16.1. The van der Waals surface area contributed by atoms with Gasteiger partial charge in [0.2, 0.25) is 0 Å². The molecule has 1 fully saturated rings. The number of nitrogens with one attached hydrogen (secondary N) is 1. The molecule has 1 aliphatic carbocycles. The van der Waals surface area contributed by atoms with Crippen molar-refractivity contribution >= 4 is 5.78 Å². The van der Waals surface area contributed by atoms with Gasteiger partial charge < -0.3 is 9.88 Å². The lowest BCUT2D eigenvalue weighted by atomic mass is 10.2. The minimum Gasteiger partial charge on any atom is -0.357 e. The third-order valence-electron chi connectivity index (χ3n) is 2.28. The van der Waals surface area contributed by atoms with Gasteiger partial charge in [-0.1, -0.05) is 0 Å². The van der Waals surface area contributed by atoms with Crippen LogP contribution >= 0.6 is 0 Å². The molecule has 1 aromatic rings. The first-order valence-electron chi connectivity index (χ1n) is 4.64. The van der Waals surface area contributed by atoms with Gasteiger partial charge >= 0.3 is 0 Å². The second-order valence-electron chi connectivity index (χ2n) is 3.64. The minimum absolute atomic E-state index is 0.188. The average molecular weight is 178 g/mol. The predicted octanol–water partition coefficient (Wildman–Crippen LogP) is 0.960. The number of aromatic nitrogens is 1. The van der Waals surface area contributed by atoms with Crippen molar-refractivity contribution in [2.75, 3.05) is 6.54 Å². The molecule has 0 saturated heterocycles. The maximum Gasteiger partial charge on any atom is 0.178 e. The van der Waals surface area contributed by atoms with Crippen LogP contribution in [0.5, 0.6) is 0 Å². The number of hydrogen-bond acceptors (Lipinski definition) is 2. The summed E-state index contributed by atoms with van der Waals surface area (Å²) in [5.74, 6) is 0.188. The van der Waals surface area contributed by atoms with Gasteiger partial charge in [0.1, 0.15) is 0 Å². The smallest absolute Gasteiger partial charge is 0.178 e. The molecule has 1 heterocycles. The minimum atomic E-state index is 0.188. The molecule has 1 aromatic heterocycles. The summed E-state index contributed by atoms with van der Waals surface area (Å²) < 4.78 is 1.89. The van der Waals surface area contributed by atoms with E-state index in [0.717, 1.165) is 5.56 Å². The van der Waals surface area contributed by atoms with E-state index in [0.29, 0.717) is 12.6 Å². The fourth-order valence-electron chi connectivity index (χ4n) is 1.29. The summed E-state index contributed by atoms with van der Waals surface area (Å²) in [7, 11) is 1.92. The third kappa shape index (κ3) is 2.18. The number of Topliss-reactive ketones (excluding diaryl/α,β-unsaturated/α-hetero) is 1. The van der Waals surface area contributed by atoms with E-state index in [2.05, 4.69) is 5.32 Å². The van der Waals surface area contributed by atoms with Crippen molar-refractivity contribution in [1.82, 2.24) is 9.88 Å². The Kier molecular flexibility index (Phi) is 2.19. The zero-order valence-corrected chi connectivity index (χ0v) is 7.79. The fraction of sp³-hybridized carbons (Fsp3) is 0.500. The fourth-order valence-corrected chi connectivity index (χ4v) is 1.29. The summed E-state index contributed by atoms with van der Waals surface area (Å²) in [6.45, 7) is 0.481. The number of carbonyl (C=O) groups excluding carboxylic acids is 1. The Morgan fingerprint density at radius 1 is 1.69 bits per heavy atom. The van der Waals surface area contributed by atoms with E-state index in [-0.39, 0.29) is 5.78 Å². The first kappa shape index (κ1) is 8.51. The van der Waals surface area contributed by atoms with Crippen LogP contribution in [0.15, 0.2) is 18.5 Å². The predicted molar refractivity (Wildman–Crippen MR) is 50.8 cm³/mol. The zero-order chi connectivity index (χ0) is 9.26. The summed E-state index contributed by atoms with van der Waals surface area (Å²) in [6.07, 6.45) is 6.20. The molecule has 0 unspecified atom stereocenters. The van der Waals surface area contributed by atoms with Crippen LogP contribution in [0.1, 0.15) is 23.2 Å². The van der Waals surface area contributed by atoms with Crippen molar-refractivity contribution in [3.8, 4) is 0 Å². The van der Waals surface area contributed by atoms with Crippen molar-refractivity contribution in [1.29, 1.82) is 0 Å². The van der Waals surface area contributed by atoms with Gasteiger partial charge in [-0.2, -0.15) is 0 Å². The lowest BCUT2D eigenvalue weighted by Crippen LogP contribution is -2.24. The highest BCUT2D eigenvalue weighted by Gasteiger charge is 2.21. The third-order valence-corrected chi connectivity index (χ3v) is 2.28. The van der Waals surface area contributed by atoms with Crippen LogP contribution in [-0.2, 0) is 7.05 Å². The summed E-state index contributed by atoms with van der Waals surface area (Å²) in [6, 6.07) is 2.46. The van der Waals surface area contributed by atoms with Crippen molar-refractivity contribution in [2.24, 2.45) is 7.05 Å². The van der Waals surface area contributed by atoms with Crippen molar-refractivity contribution in [3.05, 3.63) is 24.0 Å². The monoisotopic (exact) mass is 178 g/mol. The highest BCUT2D eigenvalue weighted by Crippen LogP contribution is 2.18. The summed E-state index contributed by atoms with van der Waals surface area (Å²) in [4.78, 5) is 11.5. The number of carbonyl (C=O) groups is 1. The molecular weight excluding hydrogens is 164 g/mol. The van der Waals surface area contributed by atoms with Crippen LogP contribution in [0.4, 0.5) is 0 Å². The maximum absolute atomic E-state index is 11.5. The van der Waals surface area contributed by atoms with E-state index in [1.54, 1.807) is 0 Å². The molecule has 0 radical (unpaired) electrons. The molecule has 3 heteroatoms. The molecule has 0 spiro atoms. The first-order valence-corrected chi connectivity index (χ1v) is 4.64. The lowest BCUT2D eigenvalue weighted by molar-refractivity contribution is 0.0990. The molecule has 1 N–H and O–H groups in total. The Morgan fingerprint density at radius 2 is 2.46 bits per heavy atom. The first-order chi connectivity index (χ1) is 6.25. The Morgan fingerprint density at radius 3 is 3.00 bits per heavy atom. The van der Waals surface area contributed by atoms with Gasteiger partial charge in [0, 0.05) is 31.0 Å². The van der Waals surface area contributed by atoms with Crippen LogP contribution < -0.4 is 5.32 Å². The van der Waals surface area contributed by atoms with Gasteiger partial charge in [-0.15, -0.1) is 0 Å². The highest BCUT2D eigenvalue weighted by molar-refractivity contribution is 5.97. The largest absolute Gasteiger partial charge is 0.357 e. The van der Waals surface area contributed by atoms with Gasteiger partial charge in [-0.25, -0.2) is 0 Å². The second kappa shape index (κ2) is 3.34. The average Bonchev–Trinajstić information content (AvgIpc) is 2.84. The van der Waals surface area contributed by atoms with E-state index in [1.807, 2.05) is 30.1 Å². The molecule has 0 aliphatic heterocycles. The number of nitrogens with zero attached hydrogens (tertiary/aromatic N) is 1. The van der Waals surface area contributed by atoms with Crippen molar-refractivity contribution < 1.29 is 4.79 Å². The van der Waals surface area contributed by atoms with Crippen LogP contribution in [-0.4, -0.2) is 22.9 Å². The van der Waals surface area contributed by atoms with Gasteiger partial charge in [-0.3, -0.25) is 4.79 Å². The van der Waals surface area contributed by atoms with Crippen molar-refractivity contribution in [3.63, 3.8) is 0 Å². The molecule has 3 nitrogen and oxygen atoms in total. The summed E-state index contributed by atoms with van der Waals surface area (Å²) in [5.41, 5.74) is 0.802. The van der Waals surface area contributed by atoms with E-state index in [4.69, 9.17) is 0 Å². The van der Waals surface area contributed by atoms with Crippen LogP contribution in [0.3, 0.4) is 0 Å². The Labute approximate surface area is 77.7 Å². The van der Waals surface area contributed by atoms with Gasteiger partial charge in [0.25, 0.3) is 0 Å². The van der Waals surface area contributed by atoms with Gasteiger partial charge in [-0.05, 0) is 18.9 Å². The molecule has 13 heavy (non-hydrogen) atoms. The topological polar surface area (TPSA) is 34.0 Å². The molecule has 0 aromatic carbocycles. The number of aryl methyl sites for hydroxylation is 1. The maximum atomic E-state index is 11.5. The Hall–Kier alpha value is -1.09. The van der Waals surface area contributed by atoms with E-state index < -0.39 is 0 Å². The molecule has 1 aliphatic rings. The lowest BCUT2D eigenvalue weighted by Gasteiger charge is -1.99. The van der Waals surface area contributed by atoms with Crippen LogP contribution in [0.2, 0.25) is 0 Å². The molecule has 0 amide bonds. The zero-order valence-electron chi connectivity index (χ0n) is 7.79. The molecule has 2 rings (SSSR count). The Balaban J connectivity index is 1.88. The normalized spacial score (nSPS) is 16.1. The SMILES string of the molecule is Cn1ccc(C(=O)CNC2CC2)c1. The molecule has 0 atom stereocenters. The van der Waals surface area contributed by atoms with E-state index in [1.165, 1.54) is 12.8 Å². The van der Waals surface area contributed by atoms with E-state index in [9.17, 15) is 4.79 Å². The summed E-state index contributed by atoms with van der Waals surface area (Å²) in [5, 5.41) is 3.21. The number of ketones is 1. The molecule has 1 saturated carbocycles. The van der Waals surface area contributed by atoms with Gasteiger partial charge in [0.05, 0.1) is 6.54 Å². The quantitative estimate of drug-likeness (QED) is 0.697. The van der Waals surface area contributed by atoms with Crippen LogP contribution in [0.25, 0.3) is 0 Å². The molecule has 0 bridgehead atoms. The van der Waals surface area contributed by atoms with E-state index >= 15 is 0 Å². The van der Waals surface area contributed by atoms with Gasteiger partial charge in [0.15, 0.2) is 5.78 Å². The van der Waals surface area contributed by atoms with Crippen LogP contribution in [0, 0.1) is 0 Å². The summed E-state index contributed by atoms with van der Waals surface area (Å²) >= 11 is 0. The standard InChI is InChI=1S/C10H14N2O/c1-12-5-4-8(7-12)10(13)6-11-9-2-3-9/h4-5,7,9,11H,2-3,6H2,1H3. The Bertz CT molecular complexity index is 312. The number of hydrogen-bond donors (Lipinski definition) is 1. The number of rotatable bonds is 4. The second-order valence-corrected chi connectivity index (χ2v) is 3.64. The molecular formula is C10H14N2O. The molecule has 70 valence electrons. The van der Waals surface area contributed by atoms with Crippen molar-refractivity contribution in [2.45, 2.75) is 18.9 Å².